The molecule has 0 aliphatic rings. The Morgan fingerprint density at radius 2 is 2.05 bits per heavy atom. The molecule has 0 aliphatic heterocycles. The summed E-state index contributed by atoms with van der Waals surface area (Å²) in [5.74, 6) is -0.0112. The van der Waals surface area contributed by atoms with Gasteiger partial charge in [0.15, 0.2) is 0 Å². The van der Waals surface area contributed by atoms with Gasteiger partial charge < -0.3 is 10.1 Å². The number of nitrogens with zero attached hydrogens (tertiary/aromatic N) is 1. The average Bonchev–Trinajstić information content (AvgIpc) is 2.26. The highest BCUT2D eigenvalue weighted by atomic mass is 19.4. The van der Waals surface area contributed by atoms with Crippen LogP contribution in [0.4, 0.5) is 29.3 Å². The lowest BCUT2D eigenvalue weighted by Gasteiger charge is -2.12. The Morgan fingerprint density at radius 1 is 1.42 bits per heavy atom. The maximum absolute atomic E-state index is 11.9. The first-order chi connectivity index (χ1) is 8.73. The van der Waals surface area contributed by atoms with E-state index in [-0.39, 0.29) is 11.4 Å². The lowest BCUT2D eigenvalue weighted by molar-refractivity contribution is -0.384. The van der Waals surface area contributed by atoms with Gasteiger partial charge in [-0.25, -0.2) is 10.1 Å². The number of benzene rings is 1. The average molecular weight is 279 g/mol. The summed E-state index contributed by atoms with van der Waals surface area (Å²) in [6.07, 6.45) is -4.90. The molecule has 0 unspecified atom stereocenters. The van der Waals surface area contributed by atoms with Crippen molar-refractivity contribution in [1.29, 1.82) is 0 Å². The summed E-state index contributed by atoms with van der Waals surface area (Å²) in [4.78, 5) is 20.8. The van der Waals surface area contributed by atoms with Gasteiger partial charge in [0.2, 0.25) is 0 Å². The molecule has 7 nitrogen and oxygen atoms in total. The second kappa shape index (κ2) is 5.42. The molecule has 2 amide bonds. The van der Waals surface area contributed by atoms with E-state index in [1.807, 2.05) is 5.32 Å². The van der Waals surface area contributed by atoms with E-state index in [0.717, 1.165) is 18.2 Å². The molecule has 0 saturated heterocycles. The highest BCUT2D eigenvalue weighted by Crippen LogP contribution is 2.28. The van der Waals surface area contributed by atoms with Crippen LogP contribution in [0.1, 0.15) is 0 Å². The number of nitro benzene ring substituents is 1. The maximum atomic E-state index is 11.9. The highest BCUT2D eigenvalue weighted by Gasteiger charge is 2.30. The second-order valence-corrected chi connectivity index (χ2v) is 3.22. The van der Waals surface area contributed by atoms with Crippen LogP contribution in [0.2, 0.25) is 0 Å². The van der Waals surface area contributed by atoms with Crippen molar-refractivity contribution in [2.75, 3.05) is 12.4 Å². The number of methoxy groups -OCH3 is 1. The van der Waals surface area contributed by atoms with E-state index in [1.165, 1.54) is 7.11 Å². The van der Waals surface area contributed by atoms with E-state index in [0.29, 0.717) is 5.32 Å². The van der Waals surface area contributed by atoms with Crippen molar-refractivity contribution < 1.29 is 27.6 Å². The van der Waals surface area contributed by atoms with Gasteiger partial charge in [-0.1, -0.05) is 0 Å². The number of nitrogens with one attached hydrogen (secondary N) is 2. The molecule has 1 rings (SSSR count). The van der Waals surface area contributed by atoms with Crippen molar-refractivity contribution in [2.24, 2.45) is 0 Å². The number of anilines is 1. The fraction of sp³-hybridized carbons (Fsp3) is 0.222. The van der Waals surface area contributed by atoms with Gasteiger partial charge in [-0.2, -0.15) is 13.2 Å². The number of urea groups is 1. The number of amides is 2. The second-order valence-electron chi connectivity index (χ2n) is 3.22. The molecule has 0 spiro atoms. The number of hydrogen-bond acceptors (Lipinski definition) is 4. The van der Waals surface area contributed by atoms with Gasteiger partial charge in [0.1, 0.15) is 5.75 Å². The summed E-state index contributed by atoms with van der Waals surface area (Å²) in [5.41, 5.74) is -0.651. The van der Waals surface area contributed by atoms with E-state index in [9.17, 15) is 28.1 Å². The van der Waals surface area contributed by atoms with Gasteiger partial charge in [-0.15, -0.1) is 0 Å². The molecular weight excluding hydrogens is 271 g/mol. The Balaban J connectivity index is 2.95. The summed E-state index contributed by atoms with van der Waals surface area (Å²) in [6, 6.07) is 1.55. The Labute approximate surface area is 104 Å². The minimum Gasteiger partial charge on any atom is -0.495 e. The SMILES string of the molecule is COc1ccc([N+](=O)[O-])cc1NC(=O)NC(F)(F)F. The molecule has 10 heteroatoms. The molecule has 1 aromatic rings. The predicted molar refractivity (Wildman–Crippen MR) is 57.9 cm³/mol. The molecule has 0 bridgehead atoms. The van der Waals surface area contributed by atoms with Crippen molar-refractivity contribution in [3.63, 3.8) is 0 Å². The fourth-order valence-electron chi connectivity index (χ4n) is 1.19. The first-order valence-electron chi connectivity index (χ1n) is 4.71. The summed E-state index contributed by atoms with van der Waals surface area (Å²) in [6.45, 7) is 0. The van der Waals surface area contributed by atoms with Crippen LogP contribution < -0.4 is 15.4 Å². The number of nitro groups is 1. The largest absolute Gasteiger partial charge is 0.495 e. The maximum Gasteiger partial charge on any atom is 0.485 e. The van der Waals surface area contributed by atoms with Gasteiger partial charge in [0.25, 0.3) is 5.69 Å². The topological polar surface area (TPSA) is 93.5 Å². The zero-order valence-corrected chi connectivity index (χ0v) is 9.45. The Morgan fingerprint density at radius 3 is 2.53 bits per heavy atom. The Bertz CT molecular complexity index is 504. The molecule has 0 radical (unpaired) electrons. The fourth-order valence-corrected chi connectivity index (χ4v) is 1.19. The van der Waals surface area contributed by atoms with E-state index < -0.39 is 22.9 Å². The number of carbonyl (C=O) groups excluding carboxylic acids is 1. The third-order valence-electron chi connectivity index (χ3n) is 1.90. The molecule has 2 N–H and O–H groups in total. The van der Waals surface area contributed by atoms with E-state index in [1.54, 1.807) is 0 Å². The summed E-state index contributed by atoms with van der Waals surface area (Å²) in [7, 11) is 1.20. The van der Waals surface area contributed by atoms with E-state index >= 15 is 0 Å². The number of carbonyl (C=O) groups is 1. The third kappa shape index (κ3) is 4.33. The number of rotatable bonds is 3. The summed E-state index contributed by atoms with van der Waals surface area (Å²) >= 11 is 0. The van der Waals surface area contributed by atoms with Crippen molar-refractivity contribution in [2.45, 2.75) is 6.30 Å². The predicted octanol–water partition coefficient (Wildman–Crippen LogP) is 2.24. The highest BCUT2D eigenvalue weighted by molar-refractivity contribution is 5.91. The molecule has 0 fully saturated rings. The molecule has 0 aromatic heterocycles. The molecule has 0 atom stereocenters. The lowest BCUT2D eigenvalue weighted by Crippen LogP contribution is -2.40. The van der Waals surface area contributed by atoms with Crippen molar-refractivity contribution in [3.05, 3.63) is 28.3 Å². The molecule has 104 valence electrons. The monoisotopic (exact) mass is 279 g/mol. The van der Waals surface area contributed by atoms with Crippen LogP contribution in [-0.4, -0.2) is 24.4 Å². The minimum atomic E-state index is -4.90. The minimum absolute atomic E-state index is 0.0112. The number of non-ortho nitro benzene ring substituents is 1. The number of hydrogen-bond donors (Lipinski definition) is 2. The number of alkyl halides is 3. The van der Waals surface area contributed by atoms with Crippen molar-refractivity contribution in [3.8, 4) is 5.75 Å². The van der Waals surface area contributed by atoms with Gasteiger partial charge >= 0.3 is 12.3 Å². The molecule has 19 heavy (non-hydrogen) atoms. The van der Waals surface area contributed by atoms with Crippen LogP contribution >= 0.6 is 0 Å². The molecule has 0 aliphatic carbocycles. The lowest BCUT2D eigenvalue weighted by atomic mass is 10.2. The summed E-state index contributed by atoms with van der Waals surface area (Å²) < 4.78 is 40.4. The van der Waals surface area contributed by atoms with Crippen LogP contribution in [-0.2, 0) is 0 Å². The normalized spacial score (nSPS) is 10.7. The van der Waals surface area contributed by atoms with Crippen LogP contribution in [0.15, 0.2) is 18.2 Å². The van der Waals surface area contributed by atoms with Crippen LogP contribution in [0.3, 0.4) is 0 Å². The zero-order chi connectivity index (χ0) is 14.6. The Hall–Kier alpha value is -2.52. The van der Waals surface area contributed by atoms with E-state index in [4.69, 9.17) is 4.74 Å². The standard InChI is InChI=1S/C9H8F3N3O4/c1-19-7-3-2-5(15(17)18)4-6(7)13-8(16)14-9(10,11)12/h2-4H,1H3,(H2,13,14,16). The quantitative estimate of drug-likeness (QED) is 0.504. The first-order valence-corrected chi connectivity index (χ1v) is 4.71. The number of halogens is 3. The van der Waals surface area contributed by atoms with Gasteiger partial charge in [-0.3, -0.25) is 10.1 Å². The van der Waals surface area contributed by atoms with Crippen LogP contribution in [0, 0.1) is 10.1 Å². The zero-order valence-electron chi connectivity index (χ0n) is 9.45. The van der Waals surface area contributed by atoms with Gasteiger partial charge in [0, 0.05) is 12.1 Å². The first kappa shape index (κ1) is 14.5. The summed E-state index contributed by atoms with van der Waals surface area (Å²) in [5, 5.41) is 13.0. The third-order valence-corrected chi connectivity index (χ3v) is 1.90. The van der Waals surface area contributed by atoms with Crippen LogP contribution in [0.5, 0.6) is 5.75 Å². The smallest absolute Gasteiger partial charge is 0.485 e. The molecule has 0 heterocycles. The molecular formula is C9H8F3N3O4. The van der Waals surface area contributed by atoms with E-state index in [2.05, 4.69) is 0 Å². The number of ether oxygens (including phenoxy) is 1. The molecule has 1 aromatic carbocycles. The molecule has 0 saturated carbocycles. The Kier molecular flexibility index (Phi) is 4.14. The van der Waals surface area contributed by atoms with Crippen molar-refractivity contribution >= 4 is 17.4 Å². The van der Waals surface area contributed by atoms with Gasteiger partial charge in [-0.05, 0) is 6.07 Å². The van der Waals surface area contributed by atoms with Crippen molar-refractivity contribution in [1.82, 2.24) is 5.32 Å². The van der Waals surface area contributed by atoms with Crippen LogP contribution in [0.25, 0.3) is 0 Å². The van der Waals surface area contributed by atoms with Gasteiger partial charge in [0.05, 0.1) is 17.7 Å².